The Balaban J connectivity index is 1.63. The molecular formula is C17H25N5O3. The lowest BCUT2D eigenvalue weighted by Gasteiger charge is -2.30. The molecule has 2 amide bonds. The van der Waals surface area contributed by atoms with Gasteiger partial charge < -0.3 is 15.0 Å². The molecule has 0 bridgehead atoms. The summed E-state index contributed by atoms with van der Waals surface area (Å²) in [5, 5.41) is 2.74. The van der Waals surface area contributed by atoms with Crippen molar-refractivity contribution in [2.75, 3.05) is 39.4 Å². The normalized spacial score (nSPS) is 21.3. The SMILES string of the molecule is CC(=O)NCc1cncc(C2CCCN2CC(=O)N2CCOCC2)n1. The Hall–Kier alpha value is -2.06. The third-order valence-electron chi connectivity index (χ3n) is 4.63. The summed E-state index contributed by atoms with van der Waals surface area (Å²) in [6.07, 6.45) is 5.43. The number of nitrogens with one attached hydrogen (secondary N) is 1. The van der Waals surface area contributed by atoms with Gasteiger partial charge in [0.15, 0.2) is 0 Å². The molecule has 1 aromatic heterocycles. The van der Waals surface area contributed by atoms with E-state index in [4.69, 9.17) is 4.74 Å². The second-order valence-electron chi connectivity index (χ2n) is 6.47. The van der Waals surface area contributed by atoms with Crippen LogP contribution >= 0.6 is 0 Å². The zero-order valence-corrected chi connectivity index (χ0v) is 14.6. The summed E-state index contributed by atoms with van der Waals surface area (Å²) in [5.74, 6) is 0.0587. The highest BCUT2D eigenvalue weighted by atomic mass is 16.5. The van der Waals surface area contributed by atoms with Crippen LogP contribution in [0.15, 0.2) is 12.4 Å². The molecule has 0 aliphatic carbocycles. The Morgan fingerprint density at radius 3 is 2.84 bits per heavy atom. The largest absolute Gasteiger partial charge is 0.378 e. The van der Waals surface area contributed by atoms with E-state index in [1.165, 1.54) is 6.92 Å². The fraction of sp³-hybridized carbons (Fsp3) is 0.647. The van der Waals surface area contributed by atoms with Gasteiger partial charge in [-0.05, 0) is 19.4 Å². The molecule has 3 heterocycles. The molecule has 0 aromatic carbocycles. The molecule has 1 aromatic rings. The molecule has 3 rings (SSSR count). The van der Waals surface area contributed by atoms with E-state index in [-0.39, 0.29) is 17.9 Å². The monoisotopic (exact) mass is 347 g/mol. The molecule has 8 heteroatoms. The van der Waals surface area contributed by atoms with Crippen LogP contribution in [0.4, 0.5) is 0 Å². The molecule has 0 saturated carbocycles. The number of hydrogen-bond acceptors (Lipinski definition) is 6. The first-order chi connectivity index (χ1) is 12.1. The third kappa shape index (κ3) is 4.73. The quantitative estimate of drug-likeness (QED) is 0.813. The van der Waals surface area contributed by atoms with Crippen LogP contribution in [-0.2, 0) is 20.9 Å². The fourth-order valence-corrected chi connectivity index (χ4v) is 3.32. The Kier molecular flexibility index (Phi) is 5.93. The number of hydrogen-bond donors (Lipinski definition) is 1. The zero-order chi connectivity index (χ0) is 17.6. The number of carbonyl (C=O) groups is 2. The number of morpholine rings is 1. The lowest BCUT2D eigenvalue weighted by molar-refractivity contribution is -0.136. The smallest absolute Gasteiger partial charge is 0.236 e. The third-order valence-corrected chi connectivity index (χ3v) is 4.63. The average Bonchev–Trinajstić information content (AvgIpc) is 3.09. The second kappa shape index (κ2) is 8.35. The van der Waals surface area contributed by atoms with Crippen LogP contribution in [0.25, 0.3) is 0 Å². The van der Waals surface area contributed by atoms with Crippen LogP contribution in [0, 0.1) is 0 Å². The van der Waals surface area contributed by atoms with Crippen molar-refractivity contribution in [2.45, 2.75) is 32.4 Å². The summed E-state index contributed by atoms with van der Waals surface area (Å²) < 4.78 is 5.31. The molecule has 1 unspecified atom stereocenters. The van der Waals surface area contributed by atoms with Gasteiger partial charge in [0, 0.05) is 20.0 Å². The topological polar surface area (TPSA) is 87.7 Å². The van der Waals surface area contributed by atoms with Gasteiger partial charge in [0.05, 0.1) is 56.1 Å². The zero-order valence-electron chi connectivity index (χ0n) is 14.6. The maximum atomic E-state index is 12.5. The minimum absolute atomic E-state index is 0.0918. The van der Waals surface area contributed by atoms with Gasteiger partial charge in [-0.3, -0.25) is 24.5 Å². The maximum absolute atomic E-state index is 12.5. The van der Waals surface area contributed by atoms with Crippen molar-refractivity contribution >= 4 is 11.8 Å². The van der Waals surface area contributed by atoms with Gasteiger partial charge in [-0.15, -0.1) is 0 Å². The summed E-state index contributed by atoms with van der Waals surface area (Å²) in [7, 11) is 0. The van der Waals surface area contributed by atoms with Crippen molar-refractivity contribution in [3.63, 3.8) is 0 Å². The summed E-state index contributed by atoms with van der Waals surface area (Å²) in [6.45, 7) is 5.72. The lowest BCUT2D eigenvalue weighted by Crippen LogP contribution is -2.45. The van der Waals surface area contributed by atoms with Crippen LogP contribution in [0.1, 0.15) is 37.2 Å². The first kappa shape index (κ1) is 17.8. The van der Waals surface area contributed by atoms with Crippen molar-refractivity contribution < 1.29 is 14.3 Å². The lowest BCUT2D eigenvalue weighted by atomic mass is 10.1. The molecule has 2 fully saturated rings. The Morgan fingerprint density at radius 1 is 1.28 bits per heavy atom. The number of likely N-dealkylation sites (tertiary alicyclic amines) is 1. The van der Waals surface area contributed by atoms with E-state index in [2.05, 4.69) is 20.2 Å². The van der Waals surface area contributed by atoms with Crippen LogP contribution in [0.2, 0.25) is 0 Å². The highest BCUT2D eigenvalue weighted by molar-refractivity contribution is 5.78. The summed E-state index contributed by atoms with van der Waals surface area (Å²) in [6, 6.07) is 0.106. The van der Waals surface area contributed by atoms with E-state index in [1.54, 1.807) is 12.4 Å². The Morgan fingerprint density at radius 2 is 2.08 bits per heavy atom. The van der Waals surface area contributed by atoms with E-state index in [0.29, 0.717) is 39.4 Å². The van der Waals surface area contributed by atoms with Crippen LogP contribution in [0.3, 0.4) is 0 Å². The molecule has 2 aliphatic heterocycles. The number of rotatable bonds is 5. The molecule has 136 valence electrons. The van der Waals surface area contributed by atoms with E-state index >= 15 is 0 Å². The highest BCUT2D eigenvalue weighted by Gasteiger charge is 2.30. The van der Waals surface area contributed by atoms with Gasteiger partial charge in [-0.2, -0.15) is 0 Å². The highest BCUT2D eigenvalue weighted by Crippen LogP contribution is 2.30. The predicted octanol–water partition coefficient (Wildman–Crippen LogP) is 0.108. The minimum Gasteiger partial charge on any atom is -0.378 e. The van der Waals surface area contributed by atoms with Gasteiger partial charge in [0.25, 0.3) is 0 Å². The van der Waals surface area contributed by atoms with Gasteiger partial charge in [0.1, 0.15) is 0 Å². The molecule has 0 radical (unpaired) electrons. The fourth-order valence-electron chi connectivity index (χ4n) is 3.32. The number of carbonyl (C=O) groups excluding carboxylic acids is 2. The number of ether oxygens (including phenoxy) is 1. The molecule has 1 atom stereocenters. The molecular weight excluding hydrogens is 322 g/mol. The summed E-state index contributed by atoms with van der Waals surface area (Å²) in [5.41, 5.74) is 1.61. The molecule has 8 nitrogen and oxygen atoms in total. The Labute approximate surface area is 147 Å². The molecule has 1 N–H and O–H groups in total. The first-order valence-electron chi connectivity index (χ1n) is 8.78. The number of amides is 2. The van der Waals surface area contributed by atoms with Gasteiger partial charge in [0.2, 0.25) is 11.8 Å². The van der Waals surface area contributed by atoms with Gasteiger partial charge in [-0.25, -0.2) is 0 Å². The van der Waals surface area contributed by atoms with Crippen LogP contribution < -0.4 is 5.32 Å². The van der Waals surface area contributed by atoms with Crippen molar-refractivity contribution in [1.29, 1.82) is 0 Å². The van der Waals surface area contributed by atoms with Crippen LogP contribution in [0.5, 0.6) is 0 Å². The Bertz CT molecular complexity index is 618. The van der Waals surface area contributed by atoms with E-state index < -0.39 is 0 Å². The second-order valence-corrected chi connectivity index (χ2v) is 6.47. The standard InChI is InChI=1S/C17H25N5O3/c1-13(23)19-10-14-9-18-11-15(20-14)16-3-2-4-22(16)12-17(24)21-5-7-25-8-6-21/h9,11,16H,2-8,10,12H2,1H3,(H,19,23). The van der Waals surface area contributed by atoms with Crippen molar-refractivity contribution in [3.8, 4) is 0 Å². The predicted molar refractivity (Wildman–Crippen MR) is 90.5 cm³/mol. The molecule has 2 saturated heterocycles. The summed E-state index contributed by atoms with van der Waals surface area (Å²) in [4.78, 5) is 36.5. The van der Waals surface area contributed by atoms with E-state index in [1.807, 2.05) is 4.90 Å². The maximum Gasteiger partial charge on any atom is 0.236 e. The molecule has 0 spiro atoms. The van der Waals surface area contributed by atoms with E-state index in [9.17, 15) is 9.59 Å². The molecule has 25 heavy (non-hydrogen) atoms. The van der Waals surface area contributed by atoms with Crippen molar-refractivity contribution in [3.05, 3.63) is 23.8 Å². The average molecular weight is 347 g/mol. The van der Waals surface area contributed by atoms with Crippen LogP contribution in [-0.4, -0.2) is 71.0 Å². The van der Waals surface area contributed by atoms with Gasteiger partial charge >= 0.3 is 0 Å². The summed E-state index contributed by atoms with van der Waals surface area (Å²) >= 11 is 0. The van der Waals surface area contributed by atoms with Crippen molar-refractivity contribution in [2.24, 2.45) is 0 Å². The number of aromatic nitrogens is 2. The van der Waals surface area contributed by atoms with E-state index in [0.717, 1.165) is 30.8 Å². The van der Waals surface area contributed by atoms with Gasteiger partial charge in [-0.1, -0.05) is 0 Å². The van der Waals surface area contributed by atoms with Crippen molar-refractivity contribution in [1.82, 2.24) is 25.1 Å². The molecule has 2 aliphatic rings. The first-order valence-corrected chi connectivity index (χ1v) is 8.78. The minimum atomic E-state index is -0.0918. The number of nitrogens with zero attached hydrogens (tertiary/aromatic N) is 4.